The predicted octanol–water partition coefficient (Wildman–Crippen LogP) is -1.49. The standard InChI is InChI=1S/C12H12BN5O5/c19-10(5-18-6-14-16-17-18)15-9-4-7-2-1-3-8(12(20)21)11(7)23-13(9)22/h1-3,6,9,22H,4-5H2,(H,15,19)(H,20,21). The van der Waals surface area contributed by atoms with E-state index in [4.69, 9.17) is 9.76 Å². The van der Waals surface area contributed by atoms with Crippen LogP contribution < -0.4 is 9.97 Å². The zero-order valence-corrected chi connectivity index (χ0v) is 11.8. The van der Waals surface area contributed by atoms with Crippen LogP contribution in [0.25, 0.3) is 0 Å². The van der Waals surface area contributed by atoms with Crippen molar-refractivity contribution in [2.24, 2.45) is 0 Å². The van der Waals surface area contributed by atoms with E-state index >= 15 is 0 Å². The molecule has 10 nitrogen and oxygen atoms in total. The van der Waals surface area contributed by atoms with E-state index in [0.29, 0.717) is 5.56 Å². The van der Waals surface area contributed by atoms with Crippen molar-refractivity contribution in [3.8, 4) is 5.75 Å². The first kappa shape index (κ1) is 15.0. The lowest BCUT2D eigenvalue weighted by atomic mass is 9.72. The molecule has 0 saturated carbocycles. The molecule has 1 aliphatic rings. The van der Waals surface area contributed by atoms with Crippen LogP contribution in [-0.2, 0) is 17.8 Å². The summed E-state index contributed by atoms with van der Waals surface area (Å²) in [6.45, 7) is -0.0990. The lowest BCUT2D eigenvalue weighted by Gasteiger charge is -2.28. The van der Waals surface area contributed by atoms with E-state index in [2.05, 4.69) is 20.8 Å². The van der Waals surface area contributed by atoms with Gasteiger partial charge < -0.3 is 20.1 Å². The number of hydrogen-bond acceptors (Lipinski definition) is 7. The minimum absolute atomic E-state index is 0.0278. The van der Waals surface area contributed by atoms with Crippen molar-refractivity contribution < 1.29 is 24.4 Å². The third kappa shape index (κ3) is 3.13. The molecule has 0 fully saturated rings. The zero-order valence-electron chi connectivity index (χ0n) is 11.8. The maximum absolute atomic E-state index is 11.9. The first-order valence-corrected chi connectivity index (χ1v) is 6.74. The van der Waals surface area contributed by atoms with E-state index in [-0.39, 0.29) is 24.3 Å². The summed E-state index contributed by atoms with van der Waals surface area (Å²) in [7, 11) is -1.35. The summed E-state index contributed by atoms with van der Waals surface area (Å²) in [6, 6.07) is 4.67. The molecule has 3 N–H and O–H groups in total. The number of carboxylic acids is 1. The number of amides is 1. The molecular weight excluding hydrogens is 305 g/mol. The minimum atomic E-state index is -1.35. The van der Waals surface area contributed by atoms with Gasteiger partial charge in [-0.1, -0.05) is 12.1 Å². The summed E-state index contributed by atoms with van der Waals surface area (Å²) in [5.41, 5.74) is 0.572. The van der Waals surface area contributed by atoms with Crippen molar-refractivity contribution in [3.63, 3.8) is 0 Å². The van der Waals surface area contributed by atoms with Crippen molar-refractivity contribution in [3.05, 3.63) is 35.7 Å². The number of nitrogens with zero attached hydrogens (tertiary/aromatic N) is 4. The van der Waals surface area contributed by atoms with Crippen LogP contribution in [0.5, 0.6) is 5.75 Å². The molecule has 1 atom stereocenters. The highest BCUT2D eigenvalue weighted by Crippen LogP contribution is 2.30. The number of para-hydroxylation sites is 1. The zero-order chi connectivity index (χ0) is 16.4. The van der Waals surface area contributed by atoms with Crippen molar-refractivity contribution in [2.75, 3.05) is 0 Å². The number of benzene rings is 1. The van der Waals surface area contributed by atoms with Gasteiger partial charge in [0.25, 0.3) is 0 Å². The lowest BCUT2D eigenvalue weighted by molar-refractivity contribution is -0.122. The van der Waals surface area contributed by atoms with E-state index in [1.807, 2.05) is 0 Å². The fourth-order valence-corrected chi connectivity index (χ4v) is 2.37. The largest absolute Gasteiger partial charge is 0.547 e. The Morgan fingerprint density at radius 1 is 1.48 bits per heavy atom. The van der Waals surface area contributed by atoms with Crippen LogP contribution in [0.15, 0.2) is 24.5 Å². The van der Waals surface area contributed by atoms with Gasteiger partial charge in [-0.25, -0.2) is 9.48 Å². The van der Waals surface area contributed by atoms with Crippen LogP contribution in [0.2, 0.25) is 0 Å². The number of rotatable bonds is 4. The molecule has 118 valence electrons. The average molecular weight is 317 g/mol. The van der Waals surface area contributed by atoms with E-state index in [1.165, 1.54) is 17.1 Å². The molecule has 0 spiro atoms. The molecule has 2 aromatic rings. The van der Waals surface area contributed by atoms with Crippen molar-refractivity contribution in [2.45, 2.75) is 18.9 Å². The van der Waals surface area contributed by atoms with Crippen LogP contribution in [0.3, 0.4) is 0 Å². The van der Waals surface area contributed by atoms with Crippen molar-refractivity contribution in [1.29, 1.82) is 0 Å². The van der Waals surface area contributed by atoms with E-state index in [1.54, 1.807) is 12.1 Å². The highest BCUT2D eigenvalue weighted by molar-refractivity contribution is 6.47. The summed E-state index contributed by atoms with van der Waals surface area (Å²) < 4.78 is 6.52. The van der Waals surface area contributed by atoms with Gasteiger partial charge in [-0.2, -0.15) is 0 Å². The summed E-state index contributed by atoms with van der Waals surface area (Å²) >= 11 is 0. The molecule has 0 saturated heterocycles. The van der Waals surface area contributed by atoms with Crippen LogP contribution in [0.1, 0.15) is 15.9 Å². The summed E-state index contributed by atoms with van der Waals surface area (Å²) in [4.78, 5) is 23.1. The Hall–Kier alpha value is -2.95. The molecular formula is C12H12BN5O5. The molecule has 0 radical (unpaired) electrons. The first-order valence-electron chi connectivity index (χ1n) is 6.74. The van der Waals surface area contributed by atoms with Crippen LogP contribution in [0.4, 0.5) is 0 Å². The molecule has 2 heterocycles. The second kappa shape index (κ2) is 6.05. The predicted molar refractivity (Wildman–Crippen MR) is 75.5 cm³/mol. The van der Waals surface area contributed by atoms with E-state index < -0.39 is 24.9 Å². The normalized spacial score (nSPS) is 16.4. The van der Waals surface area contributed by atoms with Gasteiger partial charge >= 0.3 is 13.1 Å². The topological polar surface area (TPSA) is 139 Å². The highest BCUT2D eigenvalue weighted by Gasteiger charge is 2.37. The Bertz CT molecular complexity index is 737. The maximum atomic E-state index is 11.9. The summed E-state index contributed by atoms with van der Waals surface area (Å²) in [5, 5.41) is 32.2. The Morgan fingerprint density at radius 2 is 2.30 bits per heavy atom. The van der Waals surface area contributed by atoms with Gasteiger partial charge in [-0.15, -0.1) is 5.10 Å². The SMILES string of the molecule is O=C(Cn1cnnn1)NC1Cc2cccc(C(=O)O)c2OB1O. The number of aromatic carboxylic acids is 1. The van der Waals surface area contributed by atoms with Crippen LogP contribution in [0, 0.1) is 0 Å². The van der Waals surface area contributed by atoms with Gasteiger partial charge in [-0.3, -0.25) is 4.79 Å². The Kier molecular flexibility index (Phi) is 3.93. The van der Waals surface area contributed by atoms with E-state index in [9.17, 15) is 14.6 Å². The molecule has 1 aromatic carbocycles. The number of carboxylic acid groups (broad SMARTS) is 1. The second-order valence-corrected chi connectivity index (χ2v) is 4.99. The van der Waals surface area contributed by atoms with E-state index in [0.717, 1.165) is 0 Å². The number of aromatic nitrogens is 4. The third-order valence-electron chi connectivity index (χ3n) is 3.39. The quantitative estimate of drug-likeness (QED) is 0.580. The molecule has 1 unspecified atom stereocenters. The number of fused-ring (bicyclic) bond motifs is 1. The molecule has 23 heavy (non-hydrogen) atoms. The summed E-state index contributed by atoms with van der Waals surface area (Å²) in [6.07, 6.45) is 1.54. The molecule has 0 aliphatic carbocycles. The smallest absolute Gasteiger partial charge is 0.534 e. The van der Waals surface area contributed by atoms with Gasteiger partial charge in [0.05, 0.1) is 11.5 Å². The van der Waals surface area contributed by atoms with Crippen molar-refractivity contribution >= 4 is 19.0 Å². The van der Waals surface area contributed by atoms with Crippen LogP contribution in [-0.4, -0.2) is 55.3 Å². The third-order valence-corrected chi connectivity index (χ3v) is 3.39. The molecule has 11 heteroatoms. The number of tetrazole rings is 1. The number of hydrogen-bond donors (Lipinski definition) is 3. The van der Waals surface area contributed by atoms with Gasteiger partial charge in [0.2, 0.25) is 5.91 Å². The second-order valence-electron chi connectivity index (χ2n) is 4.99. The Balaban J connectivity index is 1.72. The average Bonchev–Trinajstić information content (AvgIpc) is 3.00. The molecule has 0 bridgehead atoms. The fraction of sp³-hybridized carbons (Fsp3) is 0.250. The van der Waals surface area contributed by atoms with Gasteiger partial charge in [0, 0.05) is 0 Å². The van der Waals surface area contributed by atoms with Crippen molar-refractivity contribution in [1.82, 2.24) is 25.5 Å². The van der Waals surface area contributed by atoms with Gasteiger partial charge in [0.15, 0.2) is 0 Å². The summed E-state index contributed by atoms with van der Waals surface area (Å²) in [5.74, 6) is -2.12. The first-order chi connectivity index (χ1) is 11.0. The molecule has 1 aliphatic heterocycles. The number of carbonyl (C=O) groups is 2. The molecule has 3 rings (SSSR count). The monoisotopic (exact) mass is 317 g/mol. The number of nitrogens with one attached hydrogen (secondary N) is 1. The highest BCUT2D eigenvalue weighted by atomic mass is 16.5. The van der Waals surface area contributed by atoms with Crippen LogP contribution >= 0.6 is 0 Å². The molecule has 1 amide bonds. The lowest BCUT2D eigenvalue weighted by Crippen LogP contribution is -2.53. The molecule has 1 aromatic heterocycles. The number of carbonyl (C=O) groups excluding carboxylic acids is 1. The maximum Gasteiger partial charge on any atom is 0.547 e. The Labute approximate surface area is 130 Å². The fourth-order valence-electron chi connectivity index (χ4n) is 2.37. The minimum Gasteiger partial charge on any atom is -0.534 e. The van der Waals surface area contributed by atoms with Gasteiger partial charge in [0.1, 0.15) is 18.6 Å². The van der Waals surface area contributed by atoms with Gasteiger partial charge in [-0.05, 0) is 28.5 Å². The Morgan fingerprint density at radius 3 is 3.00 bits per heavy atom.